The van der Waals surface area contributed by atoms with Crippen LogP contribution in [0.4, 0.5) is 17.1 Å². The summed E-state index contributed by atoms with van der Waals surface area (Å²) >= 11 is 0. The molecule has 0 saturated carbocycles. The van der Waals surface area contributed by atoms with Gasteiger partial charge in [-0.25, -0.2) is 0 Å². The third kappa shape index (κ3) is 5.51. The van der Waals surface area contributed by atoms with Crippen LogP contribution in [-0.4, -0.2) is 9.13 Å². The highest BCUT2D eigenvalue weighted by molar-refractivity contribution is 6.26. The smallest absolute Gasteiger partial charge is 0.0641 e. The van der Waals surface area contributed by atoms with Gasteiger partial charge in [0.1, 0.15) is 0 Å². The Morgan fingerprint density at radius 2 is 0.684 bits per heavy atom. The van der Waals surface area contributed by atoms with E-state index >= 15 is 0 Å². The molecule has 0 N–H and O–H groups in total. The molecule has 9 aromatic carbocycles. The molecule has 0 aliphatic rings. The number of para-hydroxylation sites is 3. The van der Waals surface area contributed by atoms with Crippen LogP contribution in [-0.2, 0) is 0 Å². The average molecular weight is 728 g/mol. The van der Waals surface area contributed by atoms with E-state index in [1.54, 1.807) is 0 Å². The molecule has 0 fully saturated rings. The first-order chi connectivity index (χ1) is 28.3. The molecule has 3 heteroatoms. The van der Waals surface area contributed by atoms with Gasteiger partial charge >= 0.3 is 0 Å². The second kappa shape index (κ2) is 13.6. The molecule has 0 unspecified atom stereocenters. The lowest BCUT2D eigenvalue weighted by atomic mass is 10.0. The highest BCUT2D eigenvalue weighted by atomic mass is 15.1. The first kappa shape index (κ1) is 32.8. The van der Waals surface area contributed by atoms with Crippen molar-refractivity contribution >= 4 is 60.7 Å². The first-order valence-electron chi connectivity index (χ1n) is 19.5. The predicted octanol–water partition coefficient (Wildman–Crippen LogP) is 14.7. The molecule has 0 amide bonds. The van der Waals surface area contributed by atoms with Crippen LogP contribution in [0, 0.1) is 0 Å². The van der Waals surface area contributed by atoms with Crippen LogP contribution in [0.15, 0.2) is 224 Å². The summed E-state index contributed by atoms with van der Waals surface area (Å²) in [6, 6.07) is 81.0. The second-order valence-corrected chi connectivity index (χ2v) is 14.6. The lowest BCUT2D eigenvalue weighted by Gasteiger charge is -2.26. The molecule has 11 rings (SSSR count). The van der Waals surface area contributed by atoms with Gasteiger partial charge in [0.25, 0.3) is 0 Å². The van der Waals surface area contributed by atoms with Crippen molar-refractivity contribution in [2.75, 3.05) is 4.90 Å². The highest BCUT2D eigenvalue weighted by Crippen LogP contribution is 2.43. The van der Waals surface area contributed by atoms with Crippen LogP contribution in [0.5, 0.6) is 0 Å². The third-order valence-corrected chi connectivity index (χ3v) is 11.3. The van der Waals surface area contributed by atoms with Crippen LogP contribution < -0.4 is 4.90 Å². The SMILES string of the molecule is c1ccc(-c2ccc(N(c3ccc(-c4ccccc4)cc3)c3ccc(-n4c5ccccc5c5ccc6c(c7ccccc7n6-c6ccccc6)c54)cc3)cc2)cc1. The van der Waals surface area contributed by atoms with E-state index in [9.17, 15) is 0 Å². The van der Waals surface area contributed by atoms with E-state index in [0.717, 1.165) is 28.4 Å². The maximum Gasteiger partial charge on any atom is 0.0641 e. The molecule has 0 bridgehead atoms. The summed E-state index contributed by atoms with van der Waals surface area (Å²) in [5.41, 5.74) is 15.2. The Morgan fingerprint density at radius 1 is 0.263 bits per heavy atom. The Kier molecular flexibility index (Phi) is 7.82. The number of benzene rings is 9. The number of anilines is 3. The van der Waals surface area contributed by atoms with Crippen molar-refractivity contribution in [1.82, 2.24) is 9.13 Å². The molecule has 3 nitrogen and oxygen atoms in total. The standard InChI is InChI=1S/C54H37N3/c1-4-14-38(15-5-1)40-24-28-43(29-25-40)55(44-30-26-41(27-31-44)39-16-6-2-7-17-39)45-32-34-46(35-33-45)57-50-22-12-10-20-47(50)48-36-37-52-53(54(48)57)49-21-11-13-23-51(49)56(52)42-18-8-3-9-19-42/h1-37H. The van der Waals surface area contributed by atoms with Gasteiger partial charge in [0, 0.05) is 50.0 Å². The van der Waals surface area contributed by atoms with E-state index in [1.807, 2.05) is 0 Å². The summed E-state index contributed by atoms with van der Waals surface area (Å²) in [6.07, 6.45) is 0. The molecule has 0 aliphatic carbocycles. The molecule has 0 saturated heterocycles. The normalized spacial score (nSPS) is 11.5. The second-order valence-electron chi connectivity index (χ2n) is 14.6. The van der Waals surface area contributed by atoms with E-state index in [1.165, 1.54) is 65.9 Å². The van der Waals surface area contributed by atoms with Gasteiger partial charge in [0.15, 0.2) is 0 Å². The molecule has 57 heavy (non-hydrogen) atoms. The summed E-state index contributed by atoms with van der Waals surface area (Å²) in [6.45, 7) is 0. The summed E-state index contributed by atoms with van der Waals surface area (Å²) in [5.74, 6) is 0. The van der Waals surface area contributed by atoms with E-state index in [0.29, 0.717) is 0 Å². The molecule has 0 radical (unpaired) electrons. The average Bonchev–Trinajstić information content (AvgIpc) is 3.81. The zero-order valence-electron chi connectivity index (χ0n) is 31.2. The number of nitrogens with zero attached hydrogens (tertiary/aromatic N) is 3. The van der Waals surface area contributed by atoms with E-state index in [4.69, 9.17) is 0 Å². The highest BCUT2D eigenvalue weighted by Gasteiger charge is 2.21. The maximum absolute atomic E-state index is 2.46. The zero-order valence-corrected chi connectivity index (χ0v) is 31.2. The Balaban J connectivity index is 1.08. The molecule has 2 aromatic heterocycles. The topological polar surface area (TPSA) is 13.1 Å². The Hall–Kier alpha value is -7.62. The van der Waals surface area contributed by atoms with Gasteiger partial charge in [-0.05, 0) is 101 Å². The van der Waals surface area contributed by atoms with Crippen molar-refractivity contribution in [2.24, 2.45) is 0 Å². The minimum Gasteiger partial charge on any atom is -0.311 e. The van der Waals surface area contributed by atoms with E-state index < -0.39 is 0 Å². The van der Waals surface area contributed by atoms with Gasteiger partial charge in [0.2, 0.25) is 0 Å². The van der Waals surface area contributed by atoms with Crippen LogP contribution in [0.2, 0.25) is 0 Å². The summed E-state index contributed by atoms with van der Waals surface area (Å²) in [4.78, 5) is 2.35. The molecular weight excluding hydrogens is 691 g/mol. The number of aromatic nitrogens is 2. The quantitative estimate of drug-likeness (QED) is 0.159. The van der Waals surface area contributed by atoms with Crippen molar-refractivity contribution < 1.29 is 0 Å². The number of hydrogen-bond acceptors (Lipinski definition) is 1. The minimum atomic E-state index is 1.09. The van der Waals surface area contributed by atoms with E-state index in [2.05, 4.69) is 238 Å². The lowest BCUT2D eigenvalue weighted by molar-refractivity contribution is 1.17. The Labute approximate surface area is 331 Å². The molecular formula is C54H37N3. The van der Waals surface area contributed by atoms with Crippen molar-refractivity contribution in [2.45, 2.75) is 0 Å². The van der Waals surface area contributed by atoms with Crippen LogP contribution in [0.3, 0.4) is 0 Å². The number of hydrogen-bond donors (Lipinski definition) is 0. The third-order valence-electron chi connectivity index (χ3n) is 11.3. The largest absolute Gasteiger partial charge is 0.311 e. The molecule has 2 heterocycles. The molecule has 0 spiro atoms. The van der Waals surface area contributed by atoms with E-state index in [-0.39, 0.29) is 0 Å². The van der Waals surface area contributed by atoms with Gasteiger partial charge in [-0.3, -0.25) is 0 Å². The minimum absolute atomic E-state index is 1.09. The predicted molar refractivity (Wildman–Crippen MR) is 241 cm³/mol. The molecule has 268 valence electrons. The number of fused-ring (bicyclic) bond motifs is 7. The van der Waals surface area contributed by atoms with Gasteiger partial charge in [-0.15, -0.1) is 0 Å². The Bertz CT molecular complexity index is 3100. The Morgan fingerprint density at radius 3 is 1.25 bits per heavy atom. The first-order valence-corrected chi connectivity index (χ1v) is 19.5. The summed E-state index contributed by atoms with van der Waals surface area (Å²) in [5, 5.41) is 4.99. The van der Waals surface area contributed by atoms with Crippen molar-refractivity contribution in [3.05, 3.63) is 224 Å². The molecule has 0 aliphatic heterocycles. The van der Waals surface area contributed by atoms with Crippen molar-refractivity contribution in [1.29, 1.82) is 0 Å². The fourth-order valence-electron chi connectivity index (χ4n) is 8.70. The van der Waals surface area contributed by atoms with Gasteiger partial charge < -0.3 is 14.0 Å². The van der Waals surface area contributed by atoms with Gasteiger partial charge in [0.05, 0.1) is 22.1 Å². The van der Waals surface area contributed by atoms with Crippen LogP contribution in [0.1, 0.15) is 0 Å². The summed E-state index contributed by atoms with van der Waals surface area (Å²) in [7, 11) is 0. The molecule has 0 atom stereocenters. The fourth-order valence-corrected chi connectivity index (χ4v) is 8.70. The maximum atomic E-state index is 2.46. The van der Waals surface area contributed by atoms with Gasteiger partial charge in [-0.2, -0.15) is 0 Å². The van der Waals surface area contributed by atoms with Crippen LogP contribution in [0.25, 0.3) is 77.2 Å². The van der Waals surface area contributed by atoms with Gasteiger partial charge in [-0.1, -0.05) is 146 Å². The molecule has 11 aromatic rings. The number of rotatable bonds is 7. The lowest BCUT2D eigenvalue weighted by Crippen LogP contribution is -2.10. The summed E-state index contributed by atoms with van der Waals surface area (Å²) < 4.78 is 4.87. The van der Waals surface area contributed by atoms with Crippen LogP contribution >= 0.6 is 0 Å². The van der Waals surface area contributed by atoms with Crippen molar-refractivity contribution in [3.63, 3.8) is 0 Å². The van der Waals surface area contributed by atoms with Crippen molar-refractivity contribution in [3.8, 4) is 33.6 Å². The fraction of sp³-hybridized carbons (Fsp3) is 0. The monoisotopic (exact) mass is 727 g/mol. The zero-order chi connectivity index (χ0) is 37.7.